The van der Waals surface area contributed by atoms with E-state index in [9.17, 15) is 4.79 Å². The number of hydrogen-bond donors (Lipinski definition) is 1. The zero-order valence-electron chi connectivity index (χ0n) is 11.5. The summed E-state index contributed by atoms with van der Waals surface area (Å²) in [4.78, 5) is 11.8. The fraction of sp³-hybridized carbons (Fsp3) is 0.929. The monoisotopic (exact) mass is 271 g/mol. The van der Waals surface area contributed by atoms with Crippen LogP contribution in [0.2, 0.25) is 0 Å². The smallest absolute Gasteiger partial charge is 0.323 e. The minimum Gasteiger partial charge on any atom is -0.468 e. The van der Waals surface area contributed by atoms with Gasteiger partial charge in [-0.1, -0.05) is 19.3 Å². The lowest BCUT2D eigenvalue weighted by Gasteiger charge is -2.37. The predicted molar refractivity (Wildman–Crippen MR) is 75.9 cm³/mol. The van der Waals surface area contributed by atoms with Crippen molar-refractivity contribution in [3.63, 3.8) is 0 Å². The molecule has 1 atom stereocenters. The van der Waals surface area contributed by atoms with Crippen LogP contribution in [0.5, 0.6) is 0 Å². The molecule has 0 saturated heterocycles. The lowest BCUT2D eigenvalue weighted by molar-refractivity contribution is -0.143. The first-order chi connectivity index (χ1) is 8.71. The molecular weight excluding hydrogens is 246 g/mol. The number of nitrogens with one attached hydrogen (secondary N) is 1. The molecule has 0 aromatic carbocycles. The van der Waals surface area contributed by atoms with Gasteiger partial charge in [-0.25, -0.2) is 0 Å². The van der Waals surface area contributed by atoms with Gasteiger partial charge >= 0.3 is 5.97 Å². The fourth-order valence-electron chi connectivity index (χ4n) is 2.94. The van der Waals surface area contributed by atoms with Gasteiger partial charge in [0, 0.05) is 11.3 Å². The van der Waals surface area contributed by atoms with Gasteiger partial charge in [-0.3, -0.25) is 4.79 Å². The molecule has 2 rings (SSSR count). The number of esters is 1. The maximum Gasteiger partial charge on any atom is 0.323 e. The Bertz CT molecular complexity index is 286. The second kappa shape index (κ2) is 6.29. The van der Waals surface area contributed by atoms with Gasteiger partial charge in [-0.15, -0.1) is 0 Å². The normalized spacial score (nSPS) is 24.6. The Labute approximate surface area is 114 Å². The second-order valence-corrected chi connectivity index (χ2v) is 6.94. The summed E-state index contributed by atoms with van der Waals surface area (Å²) in [6.07, 6.45) is 11.1. The Morgan fingerprint density at radius 2 is 2.06 bits per heavy atom. The maximum absolute atomic E-state index is 11.8. The van der Waals surface area contributed by atoms with Gasteiger partial charge in [-0.05, 0) is 37.9 Å². The minimum absolute atomic E-state index is 0.0686. The van der Waals surface area contributed by atoms with Gasteiger partial charge in [0.25, 0.3) is 0 Å². The number of hydrogen-bond acceptors (Lipinski definition) is 4. The van der Waals surface area contributed by atoms with Gasteiger partial charge in [0.1, 0.15) is 6.04 Å². The van der Waals surface area contributed by atoms with Crippen LogP contribution in [0.25, 0.3) is 0 Å². The highest BCUT2D eigenvalue weighted by Crippen LogP contribution is 2.39. The van der Waals surface area contributed by atoms with Gasteiger partial charge in [-0.2, -0.15) is 11.8 Å². The zero-order valence-corrected chi connectivity index (χ0v) is 12.4. The molecule has 104 valence electrons. The summed E-state index contributed by atoms with van der Waals surface area (Å²) >= 11 is 1.97. The van der Waals surface area contributed by atoms with Crippen LogP contribution < -0.4 is 5.32 Å². The summed E-state index contributed by atoms with van der Waals surface area (Å²) in [5, 5.41) is 3.50. The molecule has 2 saturated carbocycles. The summed E-state index contributed by atoms with van der Waals surface area (Å²) in [7, 11) is 1.49. The van der Waals surface area contributed by atoms with E-state index < -0.39 is 0 Å². The molecule has 0 amide bonds. The predicted octanol–water partition coefficient (Wildman–Crippen LogP) is 2.59. The zero-order chi connectivity index (χ0) is 13.0. The lowest BCUT2D eigenvalue weighted by Crippen LogP contribution is -2.47. The average Bonchev–Trinajstić information content (AvgIpc) is 3.24. The van der Waals surface area contributed by atoms with Crippen LogP contribution in [0.3, 0.4) is 0 Å². The Kier molecular flexibility index (Phi) is 4.96. The van der Waals surface area contributed by atoms with Crippen molar-refractivity contribution in [3.8, 4) is 0 Å². The Hall–Kier alpha value is -0.220. The van der Waals surface area contributed by atoms with Crippen molar-refractivity contribution in [2.45, 2.75) is 55.7 Å². The van der Waals surface area contributed by atoms with Gasteiger partial charge in [0.05, 0.1) is 7.11 Å². The third-order valence-electron chi connectivity index (χ3n) is 4.39. The van der Waals surface area contributed by atoms with E-state index in [1.807, 2.05) is 11.8 Å². The number of carbonyl (C=O) groups is 1. The molecule has 2 aliphatic carbocycles. The Morgan fingerprint density at radius 1 is 1.39 bits per heavy atom. The van der Waals surface area contributed by atoms with Gasteiger partial charge in [0.15, 0.2) is 0 Å². The minimum atomic E-state index is -0.0791. The molecule has 0 spiro atoms. The van der Waals surface area contributed by atoms with E-state index in [4.69, 9.17) is 4.74 Å². The molecule has 3 nitrogen and oxygen atoms in total. The molecule has 0 radical (unpaired) electrons. The first-order valence-electron chi connectivity index (χ1n) is 7.07. The lowest BCUT2D eigenvalue weighted by atomic mass is 9.88. The highest BCUT2D eigenvalue weighted by molar-refractivity contribution is 8.00. The molecule has 2 aliphatic rings. The molecule has 1 N–H and O–H groups in total. The van der Waals surface area contributed by atoms with Crippen molar-refractivity contribution in [2.24, 2.45) is 5.92 Å². The summed E-state index contributed by atoms with van der Waals surface area (Å²) in [6.45, 7) is 0.949. The van der Waals surface area contributed by atoms with Crippen LogP contribution in [-0.2, 0) is 9.53 Å². The SMILES string of the molecule is COC(=O)C(NCC1(SC)CCCCC1)C1CC1. The molecule has 0 aliphatic heterocycles. The van der Waals surface area contributed by atoms with Crippen molar-refractivity contribution < 1.29 is 9.53 Å². The van der Waals surface area contributed by atoms with E-state index >= 15 is 0 Å². The third-order valence-corrected chi connectivity index (χ3v) is 5.81. The highest BCUT2D eigenvalue weighted by Gasteiger charge is 2.39. The Morgan fingerprint density at radius 3 is 2.56 bits per heavy atom. The van der Waals surface area contributed by atoms with Crippen molar-refractivity contribution in [3.05, 3.63) is 0 Å². The Balaban J connectivity index is 1.88. The average molecular weight is 271 g/mol. The summed E-state index contributed by atoms with van der Waals surface area (Å²) in [5.74, 6) is 0.435. The van der Waals surface area contributed by atoms with Crippen molar-refractivity contribution >= 4 is 17.7 Å². The van der Waals surface area contributed by atoms with E-state index in [1.54, 1.807) is 0 Å². The first kappa shape index (κ1) is 14.2. The molecule has 18 heavy (non-hydrogen) atoms. The number of ether oxygens (including phenoxy) is 1. The number of methoxy groups -OCH3 is 1. The molecule has 0 aromatic rings. The highest BCUT2D eigenvalue weighted by atomic mass is 32.2. The van der Waals surface area contributed by atoms with E-state index in [2.05, 4.69) is 11.6 Å². The van der Waals surface area contributed by atoms with Crippen LogP contribution in [0, 0.1) is 5.92 Å². The molecule has 0 aromatic heterocycles. The largest absolute Gasteiger partial charge is 0.468 e. The van der Waals surface area contributed by atoms with Crippen LogP contribution in [-0.4, -0.2) is 36.7 Å². The van der Waals surface area contributed by atoms with E-state index in [1.165, 1.54) is 52.1 Å². The summed E-state index contributed by atoms with van der Waals surface area (Å²) in [5.41, 5.74) is 0. The van der Waals surface area contributed by atoms with Gasteiger partial charge in [0.2, 0.25) is 0 Å². The first-order valence-corrected chi connectivity index (χ1v) is 8.30. The molecule has 1 unspecified atom stereocenters. The van der Waals surface area contributed by atoms with Crippen molar-refractivity contribution in [2.75, 3.05) is 19.9 Å². The number of thioether (sulfide) groups is 1. The number of rotatable bonds is 6. The third kappa shape index (κ3) is 3.41. The van der Waals surface area contributed by atoms with E-state index in [0.29, 0.717) is 10.7 Å². The van der Waals surface area contributed by atoms with E-state index in [-0.39, 0.29) is 12.0 Å². The quantitative estimate of drug-likeness (QED) is 0.754. The summed E-state index contributed by atoms with van der Waals surface area (Å²) in [6, 6.07) is -0.0686. The van der Waals surface area contributed by atoms with Crippen LogP contribution in [0.1, 0.15) is 44.9 Å². The molecule has 0 heterocycles. The molecular formula is C14H25NO2S. The van der Waals surface area contributed by atoms with Crippen molar-refractivity contribution in [1.82, 2.24) is 5.32 Å². The van der Waals surface area contributed by atoms with Crippen LogP contribution in [0.15, 0.2) is 0 Å². The molecule has 4 heteroatoms. The maximum atomic E-state index is 11.8. The van der Waals surface area contributed by atoms with Crippen molar-refractivity contribution in [1.29, 1.82) is 0 Å². The van der Waals surface area contributed by atoms with Crippen LogP contribution in [0.4, 0.5) is 0 Å². The number of carbonyl (C=O) groups excluding carboxylic acids is 1. The topological polar surface area (TPSA) is 38.3 Å². The van der Waals surface area contributed by atoms with Gasteiger partial charge < -0.3 is 10.1 Å². The summed E-state index contributed by atoms with van der Waals surface area (Å²) < 4.78 is 5.26. The molecule has 0 bridgehead atoms. The second-order valence-electron chi connectivity index (χ2n) is 5.67. The fourth-order valence-corrected chi connectivity index (χ4v) is 3.87. The van der Waals surface area contributed by atoms with E-state index in [0.717, 1.165) is 6.54 Å². The molecule has 2 fully saturated rings. The van der Waals surface area contributed by atoms with Crippen LogP contribution >= 0.6 is 11.8 Å². The standard InChI is InChI=1S/C14H25NO2S/c1-17-13(16)12(11-6-7-11)15-10-14(18-2)8-4-3-5-9-14/h11-12,15H,3-10H2,1-2H3.